The van der Waals surface area contributed by atoms with Crippen LogP contribution in [0.5, 0.6) is 0 Å². The summed E-state index contributed by atoms with van der Waals surface area (Å²) in [6.45, 7) is 1.45. The molecular weight excluding hydrogens is 212 g/mol. The van der Waals surface area contributed by atoms with Crippen molar-refractivity contribution in [2.75, 3.05) is 18.9 Å². The van der Waals surface area contributed by atoms with Gasteiger partial charge in [-0.3, -0.25) is 4.98 Å². The molecule has 1 aliphatic rings. The fourth-order valence-electron chi connectivity index (χ4n) is 2.28. The van der Waals surface area contributed by atoms with Gasteiger partial charge in [0.25, 0.3) is 0 Å². The van der Waals surface area contributed by atoms with Crippen LogP contribution in [0.3, 0.4) is 0 Å². The summed E-state index contributed by atoms with van der Waals surface area (Å²) in [4.78, 5) is 4.06. The maximum atomic E-state index is 5.73. The molecule has 0 spiro atoms. The van der Waals surface area contributed by atoms with Crippen LogP contribution in [0.1, 0.15) is 11.1 Å². The zero-order valence-electron chi connectivity index (χ0n) is 9.47. The van der Waals surface area contributed by atoms with Gasteiger partial charge in [-0.2, -0.15) is 0 Å². The van der Waals surface area contributed by atoms with E-state index in [0.717, 1.165) is 18.9 Å². The first-order valence-corrected chi connectivity index (χ1v) is 5.65. The van der Waals surface area contributed by atoms with Crippen molar-refractivity contribution in [1.82, 2.24) is 4.98 Å². The smallest absolute Gasteiger partial charge is 0.0670 e. The Bertz CT molecular complexity index is 504. The first-order chi connectivity index (χ1) is 8.31. The molecule has 3 rings (SSSR count). The molecule has 3 heteroatoms. The van der Waals surface area contributed by atoms with Gasteiger partial charge in [0.05, 0.1) is 18.6 Å². The van der Waals surface area contributed by atoms with Crippen LogP contribution in [0, 0.1) is 0 Å². The van der Waals surface area contributed by atoms with Gasteiger partial charge >= 0.3 is 0 Å². The second-order valence-corrected chi connectivity index (χ2v) is 4.43. The summed E-state index contributed by atoms with van der Waals surface area (Å²) in [6.07, 6.45) is 3.65. The van der Waals surface area contributed by atoms with Crippen LogP contribution < -0.4 is 5.73 Å². The molecule has 1 aromatic heterocycles. The van der Waals surface area contributed by atoms with Gasteiger partial charge in [-0.05, 0) is 35.4 Å². The number of nitrogens with two attached hydrogens (primary N) is 1. The van der Waals surface area contributed by atoms with Crippen LogP contribution in [-0.2, 0) is 10.2 Å². The molecule has 1 aliphatic heterocycles. The lowest BCUT2D eigenvalue weighted by Gasteiger charge is -2.42. The van der Waals surface area contributed by atoms with Crippen LogP contribution >= 0.6 is 0 Å². The Kier molecular flexibility index (Phi) is 2.34. The molecule has 0 bridgehead atoms. The van der Waals surface area contributed by atoms with E-state index in [2.05, 4.69) is 29.2 Å². The minimum Gasteiger partial charge on any atom is -0.399 e. The number of ether oxygens (including phenoxy) is 1. The number of rotatable bonds is 2. The third-order valence-electron chi connectivity index (χ3n) is 3.39. The molecule has 0 unspecified atom stereocenters. The Morgan fingerprint density at radius 3 is 2.06 bits per heavy atom. The summed E-state index contributed by atoms with van der Waals surface area (Å²) in [5.74, 6) is 0. The molecule has 2 N–H and O–H groups in total. The Morgan fingerprint density at radius 1 is 0.941 bits per heavy atom. The summed E-state index contributed by atoms with van der Waals surface area (Å²) >= 11 is 0. The number of hydrogen-bond acceptors (Lipinski definition) is 3. The predicted molar refractivity (Wildman–Crippen MR) is 66.7 cm³/mol. The number of anilines is 1. The lowest BCUT2D eigenvalue weighted by molar-refractivity contribution is -0.0380. The van der Waals surface area contributed by atoms with Crippen LogP contribution in [0.2, 0.25) is 0 Å². The maximum absolute atomic E-state index is 5.73. The monoisotopic (exact) mass is 226 g/mol. The van der Waals surface area contributed by atoms with Crippen molar-refractivity contribution >= 4 is 5.69 Å². The largest absolute Gasteiger partial charge is 0.399 e. The zero-order chi connectivity index (χ0) is 11.7. The van der Waals surface area contributed by atoms with E-state index in [1.165, 1.54) is 11.1 Å². The molecule has 86 valence electrons. The summed E-state index contributed by atoms with van der Waals surface area (Å²) in [5.41, 5.74) is 9.01. The number of aromatic nitrogens is 1. The Morgan fingerprint density at radius 2 is 1.53 bits per heavy atom. The molecule has 0 aliphatic carbocycles. The van der Waals surface area contributed by atoms with E-state index in [1.807, 2.05) is 24.5 Å². The average molecular weight is 226 g/mol. The van der Waals surface area contributed by atoms with Gasteiger partial charge in [0.2, 0.25) is 0 Å². The standard InChI is InChI=1S/C14H14N2O/c15-13-3-1-11(2-4-13)14(9-17-10-14)12-5-7-16-8-6-12/h1-8H,9-10,15H2. The molecule has 1 fully saturated rings. The van der Waals surface area contributed by atoms with Crippen molar-refractivity contribution in [1.29, 1.82) is 0 Å². The molecule has 0 atom stereocenters. The molecule has 0 saturated carbocycles. The highest BCUT2D eigenvalue weighted by atomic mass is 16.5. The van der Waals surface area contributed by atoms with E-state index in [9.17, 15) is 0 Å². The fourth-order valence-corrected chi connectivity index (χ4v) is 2.28. The number of benzene rings is 1. The summed E-state index contributed by atoms with van der Waals surface area (Å²) in [6, 6.07) is 12.2. The summed E-state index contributed by atoms with van der Waals surface area (Å²) in [7, 11) is 0. The van der Waals surface area contributed by atoms with Crippen LogP contribution in [0.4, 0.5) is 5.69 Å². The second kappa shape index (κ2) is 3.86. The third-order valence-corrected chi connectivity index (χ3v) is 3.39. The van der Waals surface area contributed by atoms with Gasteiger partial charge in [0.15, 0.2) is 0 Å². The SMILES string of the molecule is Nc1ccc(C2(c3ccncc3)COC2)cc1. The minimum atomic E-state index is -0.0172. The highest BCUT2D eigenvalue weighted by molar-refractivity contribution is 5.47. The quantitative estimate of drug-likeness (QED) is 0.796. The number of pyridine rings is 1. The highest BCUT2D eigenvalue weighted by Gasteiger charge is 2.41. The first kappa shape index (κ1) is 10.3. The van der Waals surface area contributed by atoms with Crippen molar-refractivity contribution in [2.45, 2.75) is 5.41 Å². The lowest BCUT2D eigenvalue weighted by Crippen LogP contribution is -2.47. The van der Waals surface area contributed by atoms with Crippen LogP contribution in [0.25, 0.3) is 0 Å². The van der Waals surface area contributed by atoms with Crippen molar-refractivity contribution in [3.8, 4) is 0 Å². The van der Waals surface area contributed by atoms with E-state index in [0.29, 0.717) is 0 Å². The van der Waals surface area contributed by atoms with Crippen molar-refractivity contribution in [3.05, 3.63) is 59.9 Å². The number of hydrogen-bond donors (Lipinski definition) is 1. The molecule has 0 amide bonds. The van der Waals surface area contributed by atoms with Crippen LogP contribution in [-0.4, -0.2) is 18.2 Å². The van der Waals surface area contributed by atoms with Crippen LogP contribution in [0.15, 0.2) is 48.8 Å². The number of nitrogen functional groups attached to an aromatic ring is 1. The van der Waals surface area contributed by atoms with E-state index < -0.39 is 0 Å². The Labute approximate surface area is 100 Å². The molecule has 0 radical (unpaired) electrons. The molecule has 1 aromatic carbocycles. The van der Waals surface area contributed by atoms with Gasteiger partial charge in [-0.1, -0.05) is 12.1 Å². The molecule has 2 heterocycles. The second-order valence-electron chi connectivity index (χ2n) is 4.43. The van der Waals surface area contributed by atoms with Gasteiger partial charge in [-0.15, -0.1) is 0 Å². The summed E-state index contributed by atoms with van der Waals surface area (Å²) in [5, 5.41) is 0. The van der Waals surface area contributed by atoms with E-state index >= 15 is 0 Å². The first-order valence-electron chi connectivity index (χ1n) is 5.65. The molecule has 1 saturated heterocycles. The number of nitrogens with zero attached hydrogens (tertiary/aromatic N) is 1. The lowest BCUT2D eigenvalue weighted by atomic mass is 9.73. The molecule has 17 heavy (non-hydrogen) atoms. The topological polar surface area (TPSA) is 48.1 Å². The van der Waals surface area contributed by atoms with Crippen molar-refractivity contribution in [3.63, 3.8) is 0 Å². The zero-order valence-corrected chi connectivity index (χ0v) is 9.47. The molecular formula is C14H14N2O. The fraction of sp³-hybridized carbons (Fsp3) is 0.214. The Balaban J connectivity index is 2.06. The van der Waals surface area contributed by atoms with Gasteiger partial charge in [-0.25, -0.2) is 0 Å². The van der Waals surface area contributed by atoms with E-state index in [-0.39, 0.29) is 5.41 Å². The van der Waals surface area contributed by atoms with E-state index in [1.54, 1.807) is 0 Å². The average Bonchev–Trinajstić information content (AvgIpc) is 2.32. The maximum Gasteiger partial charge on any atom is 0.0670 e. The van der Waals surface area contributed by atoms with Gasteiger partial charge in [0, 0.05) is 18.1 Å². The Hall–Kier alpha value is -1.87. The highest BCUT2D eigenvalue weighted by Crippen LogP contribution is 2.38. The van der Waals surface area contributed by atoms with Crippen molar-refractivity contribution < 1.29 is 4.74 Å². The molecule has 3 nitrogen and oxygen atoms in total. The van der Waals surface area contributed by atoms with Gasteiger partial charge < -0.3 is 10.5 Å². The normalized spacial score (nSPS) is 17.4. The van der Waals surface area contributed by atoms with E-state index in [4.69, 9.17) is 10.5 Å². The third kappa shape index (κ3) is 1.59. The molecule has 2 aromatic rings. The van der Waals surface area contributed by atoms with Gasteiger partial charge in [0.1, 0.15) is 0 Å². The predicted octanol–water partition coefficient (Wildman–Crippen LogP) is 1.98. The minimum absolute atomic E-state index is 0.0172. The summed E-state index contributed by atoms with van der Waals surface area (Å²) < 4.78 is 5.43. The van der Waals surface area contributed by atoms with Crippen molar-refractivity contribution in [2.24, 2.45) is 0 Å².